The Morgan fingerprint density at radius 2 is 2.17 bits per heavy atom. The molecule has 1 unspecified atom stereocenters. The molecule has 0 saturated heterocycles. The number of nitrogens with zero attached hydrogens (tertiary/aromatic N) is 3. The standard InChI is InChI=1S/C17H14N4O3/c1-17(15(22)20-12-6-3-5-11(9-12)10-18)16(23)21(2)14-13(24-17)7-4-8-19-14/h3-9H,1-2H3,(H,20,22). The maximum atomic E-state index is 12.7. The molecular weight excluding hydrogens is 308 g/mol. The van der Waals surface area contributed by atoms with E-state index in [-0.39, 0.29) is 0 Å². The summed E-state index contributed by atoms with van der Waals surface area (Å²) in [6, 6.07) is 11.7. The Bertz CT molecular complexity index is 874. The lowest BCUT2D eigenvalue weighted by Crippen LogP contribution is -2.60. The number of fused-ring (bicyclic) bond motifs is 1. The Morgan fingerprint density at radius 1 is 1.38 bits per heavy atom. The lowest BCUT2D eigenvalue weighted by Gasteiger charge is -2.36. The molecule has 0 radical (unpaired) electrons. The SMILES string of the molecule is CN1C(=O)C(C)(C(=O)Nc2cccc(C#N)c2)Oc2cccnc21. The van der Waals surface area contributed by atoms with E-state index in [1.54, 1.807) is 43.6 Å². The van der Waals surface area contributed by atoms with Crippen LogP contribution >= 0.6 is 0 Å². The van der Waals surface area contributed by atoms with E-state index in [1.165, 1.54) is 17.9 Å². The maximum absolute atomic E-state index is 12.7. The fourth-order valence-corrected chi connectivity index (χ4v) is 2.45. The molecule has 120 valence electrons. The number of rotatable bonds is 2. The predicted molar refractivity (Wildman–Crippen MR) is 86.5 cm³/mol. The summed E-state index contributed by atoms with van der Waals surface area (Å²) in [4.78, 5) is 30.7. The number of carbonyl (C=O) groups excluding carboxylic acids is 2. The largest absolute Gasteiger partial charge is 0.464 e. The Balaban J connectivity index is 1.91. The van der Waals surface area contributed by atoms with Crippen molar-refractivity contribution in [2.45, 2.75) is 12.5 Å². The van der Waals surface area contributed by atoms with Gasteiger partial charge in [-0.15, -0.1) is 0 Å². The van der Waals surface area contributed by atoms with E-state index in [0.717, 1.165) is 0 Å². The minimum Gasteiger partial charge on any atom is -0.464 e. The minimum atomic E-state index is -1.73. The monoisotopic (exact) mass is 322 g/mol. The molecule has 2 aromatic rings. The van der Waals surface area contributed by atoms with Crippen molar-refractivity contribution < 1.29 is 14.3 Å². The highest BCUT2D eigenvalue weighted by Crippen LogP contribution is 2.35. The van der Waals surface area contributed by atoms with E-state index in [9.17, 15) is 9.59 Å². The molecule has 0 bridgehead atoms. The molecule has 7 nitrogen and oxygen atoms in total. The van der Waals surface area contributed by atoms with E-state index in [0.29, 0.717) is 22.8 Å². The third-order valence-electron chi connectivity index (χ3n) is 3.78. The molecular formula is C17H14N4O3. The molecule has 1 N–H and O–H groups in total. The van der Waals surface area contributed by atoms with Crippen LogP contribution in [0.1, 0.15) is 12.5 Å². The summed E-state index contributed by atoms with van der Waals surface area (Å²) >= 11 is 0. The summed E-state index contributed by atoms with van der Waals surface area (Å²) in [5.41, 5.74) is -0.912. The van der Waals surface area contributed by atoms with Crippen LogP contribution in [0.4, 0.5) is 11.5 Å². The van der Waals surface area contributed by atoms with E-state index >= 15 is 0 Å². The lowest BCUT2D eigenvalue weighted by atomic mass is 10.0. The van der Waals surface area contributed by atoms with Gasteiger partial charge in [0.1, 0.15) is 0 Å². The Kier molecular flexibility index (Phi) is 3.66. The number of ether oxygens (including phenoxy) is 1. The van der Waals surface area contributed by atoms with Crippen molar-refractivity contribution >= 4 is 23.3 Å². The van der Waals surface area contributed by atoms with Crippen LogP contribution in [0.15, 0.2) is 42.6 Å². The first-order valence-corrected chi connectivity index (χ1v) is 7.19. The molecule has 2 heterocycles. The van der Waals surface area contributed by atoms with Gasteiger partial charge in [-0.3, -0.25) is 14.5 Å². The van der Waals surface area contributed by atoms with Gasteiger partial charge < -0.3 is 10.1 Å². The molecule has 0 spiro atoms. The highest BCUT2D eigenvalue weighted by atomic mass is 16.5. The zero-order chi connectivity index (χ0) is 17.3. The van der Waals surface area contributed by atoms with Gasteiger partial charge in [0.2, 0.25) is 0 Å². The summed E-state index contributed by atoms with van der Waals surface area (Å²) in [5, 5.41) is 11.6. The molecule has 3 rings (SSSR count). The van der Waals surface area contributed by atoms with Gasteiger partial charge in [-0.1, -0.05) is 6.07 Å². The van der Waals surface area contributed by atoms with Crippen molar-refractivity contribution in [2.24, 2.45) is 0 Å². The molecule has 1 aromatic carbocycles. The molecule has 1 aliphatic heterocycles. The predicted octanol–water partition coefficient (Wildman–Crippen LogP) is 1.71. The number of benzene rings is 1. The molecule has 1 atom stereocenters. The van der Waals surface area contributed by atoms with Crippen molar-refractivity contribution in [3.05, 3.63) is 48.2 Å². The normalized spacial score (nSPS) is 19.0. The summed E-state index contributed by atoms with van der Waals surface area (Å²) in [5.74, 6) is -0.436. The number of nitriles is 1. The topological polar surface area (TPSA) is 95.3 Å². The van der Waals surface area contributed by atoms with Crippen molar-refractivity contribution in [1.82, 2.24) is 4.98 Å². The molecule has 1 aliphatic rings. The molecule has 0 fully saturated rings. The Morgan fingerprint density at radius 3 is 2.92 bits per heavy atom. The number of carbonyl (C=O) groups is 2. The van der Waals surface area contributed by atoms with Crippen LogP contribution in [0.3, 0.4) is 0 Å². The van der Waals surface area contributed by atoms with Gasteiger partial charge in [0.25, 0.3) is 17.4 Å². The zero-order valence-corrected chi connectivity index (χ0v) is 13.1. The Labute approximate surface area is 138 Å². The number of nitrogens with one attached hydrogen (secondary N) is 1. The van der Waals surface area contributed by atoms with Crippen LogP contribution in [0.2, 0.25) is 0 Å². The van der Waals surface area contributed by atoms with Gasteiger partial charge in [-0.25, -0.2) is 4.98 Å². The molecule has 1 aromatic heterocycles. The second kappa shape index (κ2) is 5.66. The number of aromatic nitrogens is 1. The van der Waals surface area contributed by atoms with Gasteiger partial charge in [-0.05, 0) is 37.3 Å². The van der Waals surface area contributed by atoms with Crippen molar-refractivity contribution in [3.8, 4) is 11.8 Å². The molecule has 24 heavy (non-hydrogen) atoms. The zero-order valence-electron chi connectivity index (χ0n) is 13.1. The lowest BCUT2D eigenvalue weighted by molar-refractivity contribution is -0.145. The van der Waals surface area contributed by atoms with E-state index in [2.05, 4.69) is 10.3 Å². The van der Waals surface area contributed by atoms with Gasteiger partial charge in [0.05, 0.1) is 11.6 Å². The smallest absolute Gasteiger partial charge is 0.281 e. The van der Waals surface area contributed by atoms with Crippen LogP contribution in [-0.2, 0) is 9.59 Å². The van der Waals surface area contributed by atoms with Gasteiger partial charge in [-0.2, -0.15) is 5.26 Å². The second-order valence-electron chi connectivity index (χ2n) is 5.47. The third-order valence-corrected chi connectivity index (χ3v) is 3.78. The summed E-state index contributed by atoms with van der Waals surface area (Å²) < 4.78 is 5.66. The minimum absolute atomic E-state index is 0.350. The van der Waals surface area contributed by atoms with E-state index in [1.807, 2.05) is 6.07 Å². The van der Waals surface area contributed by atoms with Crippen LogP contribution in [0.25, 0.3) is 0 Å². The molecule has 0 aliphatic carbocycles. The second-order valence-corrected chi connectivity index (χ2v) is 5.47. The van der Waals surface area contributed by atoms with Crippen LogP contribution in [0.5, 0.6) is 5.75 Å². The van der Waals surface area contributed by atoms with E-state index < -0.39 is 17.4 Å². The van der Waals surface area contributed by atoms with Crippen LogP contribution < -0.4 is 15.0 Å². The average Bonchev–Trinajstić information content (AvgIpc) is 2.60. The summed E-state index contributed by atoms with van der Waals surface area (Å²) in [7, 11) is 1.54. The number of likely N-dealkylation sites (N-methyl/N-ethyl adjacent to an activating group) is 1. The Hall–Kier alpha value is -3.40. The van der Waals surface area contributed by atoms with Crippen LogP contribution in [0, 0.1) is 11.3 Å². The van der Waals surface area contributed by atoms with Crippen molar-refractivity contribution in [2.75, 3.05) is 17.3 Å². The number of hydrogen-bond acceptors (Lipinski definition) is 5. The number of hydrogen-bond donors (Lipinski definition) is 1. The number of anilines is 2. The quantitative estimate of drug-likeness (QED) is 0.849. The average molecular weight is 322 g/mol. The van der Waals surface area contributed by atoms with Crippen LogP contribution in [-0.4, -0.2) is 29.4 Å². The maximum Gasteiger partial charge on any atom is 0.281 e. The number of amides is 2. The highest BCUT2D eigenvalue weighted by molar-refractivity contribution is 6.19. The highest BCUT2D eigenvalue weighted by Gasteiger charge is 2.50. The number of pyridine rings is 1. The van der Waals surface area contributed by atoms with Crippen molar-refractivity contribution in [3.63, 3.8) is 0 Å². The van der Waals surface area contributed by atoms with Gasteiger partial charge in [0.15, 0.2) is 11.6 Å². The van der Waals surface area contributed by atoms with Crippen molar-refractivity contribution in [1.29, 1.82) is 5.26 Å². The summed E-state index contributed by atoms with van der Waals surface area (Å²) in [6.45, 7) is 1.41. The van der Waals surface area contributed by atoms with Gasteiger partial charge >= 0.3 is 0 Å². The first kappa shape index (κ1) is 15.5. The third kappa shape index (κ3) is 2.44. The van der Waals surface area contributed by atoms with Gasteiger partial charge in [0, 0.05) is 18.9 Å². The molecule has 0 saturated carbocycles. The fraction of sp³-hybridized carbons (Fsp3) is 0.176. The first-order valence-electron chi connectivity index (χ1n) is 7.19. The molecule has 2 amide bonds. The van der Waals surface area contributed by atoms with E-state index in [4.69, 9.17) is 10.00 Å². The molecule has 7 heteroatoms. The summed E-state index contributed by atoms with van der Waals surface area (Å²) in [6.07, 6.45) is 1.54. The fourth-order valence-electron chi connectivity index (χ4n) is 2.45. The first-order chi connectivity index (χ1) is 11.5.